The quantitative estimate of drug-likeness (QED) is 0.775. The van der Waals surface area contributed by atoms with Gasteiger partial charge in [-0.2, -0.15) is 0 Å². The first-order valence-electron chi connectivity index (χ1n) is 7.07. The van der Waals surface area contributed by atoms with Crippen LogP contribution in [0.15, 0.2) is 60.8 Å². The van der Waals surface area contributed by atoms with Crippen LogP contribution < -0.4 is 5.73 Å². The van der Waals surface area contributed by atoms with E-state index in [2.05, 4.69) is 4.98 Å². The van der Waals surface area contributed by atoms with Crippen molar-refractivity contribution in [2.45, 2.75) is 12.5 Å². The lowest BCUT2D eigenvalue weighted by Crippen LogP contribution is -2.32. The molecule has 22 heavy (non-hydrogen) atoms. The van der Waals surface area contributed by atoms with E-state index in [1.165, 1.54) is 0 Å². The number of pyridine rings is 1. The summed E-state index contributed by atoms with van der Waals surface area (Å²) in [5.74, 6) is -0.991. The zero-order valence-corrected chi connectivity index (χ0v) is 11.9. The molecule has 0 amide bonds. The molecule has 1 atom stereocenters. The number of nitrogens with two attached hydrogens (primary N) is 1. The fraction of sp³-hybridized carbons (Fsp3) is 0.111. The van der Waals surface area contributed by atoms with Gasteiger partial charge in [-0.05, 0) is 35.2 Å². The summed E-state index contributed by atoms with van der Waals surface area (Å²) >= 11 is 0. The molecule has 4 nitrogen and oxygen atoms in total. The molecule has 110 valence electrons. The first-order valence-corrected chi connectivity index (χ1v) is 7.07. The van der Waals surface area contributed by atoms with Crippen LogP contribution in [0.5, 0.6) is 0 Å². The van der Waals surface area contributed by atoms with Gasteiger partial charge < -0.3 is 10.8 Å². The van der Waals surface area contributed by atoms with Crippen LogP contribution in [-0.4, -0.2) is 22.1 Å². The Morgan fingerprint density at radius 1 is 1.05 bits per heavy atom. The molecular formula is C18H16N2O2. The van der Waals surface area contributed by atoms with Crippen molar-refractivity contribution in [1.82, 2.24) is 4.98 Å². The second-order valence-corrected chi connectivity index (χ2v) is 5.18. The maximum Gasteiger partial charge on any atom is 0.320 e. The number of carboxylic acid groups (broad SMARTS) is 1. The molecule has 1 heterocycles. The predicted octanol–water partition coefficient (Wildman–Crippen LogP) is 2.86. The minimum atomic E-state index is -0.991. The van der Waals surface area contributed by atoms with Crippen LogP contribution in [0.25, 0.3) is 22.0 Å². The standard InChI is InChI=1S/C18H16N2O2/c19-16(18(21)22)11-12-5-1-2-6-13(12)14-7-3-9-17-15(14)8-4-10-20-17/h1-10,16H,11,19H2,(H,21,22). The van der Waals surface area contributed by atoms with Crippen molar-refractivity contribution >= 4 is 16.9 Å². The SMILES string of the molecule is NC(Cc1ccccc1-c1cccc2ncccc12)C(=O)O. The fourth-order valence-corrected chi connectivity index (χ4v) is 2.62. The number of aliphatic carboxylic acids is 1. The summed E-state index contributed by atoms with van der Waals surface area (Å²) in [6.45, 7) is 0. The van der Waals surface area contributed by atoms with Crippen molar-refractivity contribution in [2.24, 2.45) is 5.73 Å². The van der Waals surface area contributed by atoms with Crippen LogP contribution in [0.2, 0.25) is 0 Å². The summed E-state index contributed by atoms with van der Waals surface area (Å²) in [4.78, 5) is 15.4. The molecule has 0 aliphatic rings. The zero-order valence-electron chi connectivity index (χ0n) is 11.9. The van der Waals surface area contributed by atoms with Crippen LogP contribution in [0.1, 0.15) is 5.56 Å². The molecule has 0 spiro atoms. The number of carboxylic acids is 1. The number of hydrogen-bond acceptors (Lipinski definition) is 3. The van der Waals surface area contributed by atoms with Gasteiger partial charge in [-0.1, -0.05) is 42.5 Å². The van der Waals surface area contributed by atoms with E-state index in [4.69, 9.17) is 10.8 Å². The first kappa shape index (κ1) is 14.2. The molecule has 0 saturated heterocycles. The van der Waals surface area contributed by atoms with Crippen molar-refractivity contribution in [2.75, 3.05) is 0 Å². The highest BCUT2D eigenvalue weighted by Crippen LogP contribution is 2.30. The third-order valence-electron chi connectivity index (χ3n) is 3.71. The summed E-state index contributed by atoms with van der Waals surface area (Å²) in [5, 5.41) is 10.1. The lowest BCUT2D eigenvalue weighted by molar-refractivity contribution is -0.138. The number of fused-ring (bicyclic) bond motifs is 1. The molecule has 0 bridgehead atoms. The highest BCUT2D eigenvalue weighted by Gasteiger charge is 2.15. The largest absolute Gasteiger partial charge is 0.480 e. The van der Waals surface area contributed by atoms with E-state index in [-0.39, 0.29) is 0 Å². The smallest absolute Gasteiger partial charge is 0.320 e. The number of hydrogen-bond donors (Lipinski definition) is 2. The predicted molar refractivity (Wildman–Crippen MR) is 86.5 cm³/mol. The van der Waals surface area contributed by atoms with E-state index in [0.717, 1.165) is 27.6 Å². The molecule has 0 radical (unpaired) electrons. The third kappa shape index (κ3) is 2.69. The molecule has 0 aliphatic heterocycles. The van der Waals surface area contributed by atoms with Crippen LogP contribution in [0.3, 0.4) is 0 Å². The Bertz CT molecular complexity index is 825. The lowest BCUT2D eigenvalue weighted by Gasteiger charge is -2.13. The number of nitrogens with zero attached hydrogens (tertiary/aromatic N) is 1. The Morgan fingerprint density at radius 2 is 1.82 bits per heavy atom. The normalized spacial score (nSPS) is 12.2. The van der Waals surface area contributed by atoms with E-state index in [9.17, 15) is 4.79 Å². The number of aromatic nitrogens is 1. The van der Waals surface area contributed by atoms with Gasteiger partial charge >= 0.3 is 5.97 Å². The maximum atomic E-state index is 11.0. The molecule has 0 aliphatic carbocycles. The maximum absolute atomic E-state index is 11.0. The zero-order chi connectivity index (χ0) is 15.5. The Morgan fingerprint density at radius 3 is 2.64 bits per heavy atom. The van der Waals surface area contributed by atoms with Gasteiger partial charge in [0.15, 0.2) is 0 Å². The summed E-state index contributed by atoms with van der Waals surface area (Å²) < 4.78 is 0. The topological polar surface area (TPSA) is 76.2 Å². The molecule has 3 N–H and O–H groups in total. The van der Waals surface area contributed by atoms with Crippen molar-refractivity contribution in [1.29, 1.82) is 0 Å². The van der Waals surface area contributed by atoms with Crippen molar-refractivity contribution < 1.29 is 9.90 Å². The van der Waals surface area contributed by atoms with Crippen LogP contribution in [0.4, 0.5) is 0 Å². The minimum Gasteiger partial charge on any atom is -0.480 e. The second-order valence-electron chi connectivity index (χ2n) is 5.18. The van der Waals surface area contributed by atoms with Crippen LogP contribution in [-0.2, 0) is 11.2 Å². The van der Waals surface area contributed by atoms with Crippen molar-refractivity contribution in [3.63, 3.8) is 0 Å². The van der Waals surface area contributed by atoms with Crippen LogP contribution in [0, 0.1) is 0 Å². The van der Waals surface area contributed by atoms with E-state index >= 15 is 0 Å². The summed E-state index contributed by atoms with van der Waals surface area (Å²) in [6.07, 6.45) is 2.06. The summed E-state index contributed by atoms with van der Waals surface area (Å²) in [6, 6.07) is 16.7. The Hall–Kier alpha value is -2.72. The van der Waals surface area contributed by atoms with Gasteiger partial charge in [0.1, 0.15) is 6.04 Å². The van der Waals surface area contributed by atoms with Gasteiger partial charge in [-0.15, -0.1) is 0 Å². The average Bonchev–Trinajstić information content (AvgIpc) is 2.55. The molecule has 1 unspecified atom stereocenters. The molecule has 4 heteroatoms. The van der Waals surface area contributed by atoms with Gasteiger partial charge in [-0.3, -0.25) is 9.78 Å². The molecule has 1 aromatic heterocycles. The van der Waals surface area contributed by atoms with Crippen LogP contribution >= 0.6 is 0 Å². The van der Waals surface area contributed by atoms with Crippen molar-refractivity contribution in [3.8, 4) is 11.1 Å². The molecular weight excluding hydrogens is 276 g/mol. The van der Waals surface area contributed by atoms with Gasteiger partial charge in [0.25, 0.3) is 0 Å². The van der Waals surface area contributed by atoms with E-state index in [1.807, 2.05) is 54.6 Å². The van der Waals surface area contributed by atoms with Gasteiger partial charge in [0.2, 0.25) is 0 Å². The first-order chi connectivity index (χ1) is 10.7. The second kappa shape index (κ2) is 5.95. The lowest BCUT2D eigenvalue weighted by atomic mass is 9.93. The minimum absolute atomic E-state index is 0.294. The van der Waals surface area contributed by atoms with Gasteiger partial charge in [0, 0.05) is 11.6 Å². The summed E-state index contributed by atoms with van der Waals surface area (Å²) in [5.41, 5.74) is 9.57. The average molecular weight is 292 g/mol. The Labute approximate surface area is 128 Å². The number of rotatable bonds is 4. The molecule has 3 aromatic rings. The monoisotopic (exact) mass is 292 g/mol. The number of carbonyl (C=O) groups is 1. The Kier molecular flexibility index (Phi) is 3.85. The van der Waals surface area contributed by atoms with Gasteiger partial charge in [0.05, 0.1) is 5.52 Å². The van der Waals surface area contributed by atoms with E-state index < -0.39 is 12.0 Å². The highest BCUT2D eigenvalue weighted by atomic mass is 16.4. The molecule has 2 aromatic carbocycles. The fourth-order valence-electron chi connectivity index (χ4n) is 2.62. The van der Waals surface area contributed by atoms with Crippen molar-refractivity contribution in [3.05, 3.63) is 66.4 Å². The molecule has 0 saturated carbocycles. The number of benzene rings is 2. The van der Waals surface area contributed by atoms with E-state index in [0.29, 0.717) is 6.42 Å². The molecule has 3 rings (SSSR count). The van der Waals surface area contributed by atoms with Gasteiger partial charge in [-0.25, -0.2) is 0 Å². The third-order valence-corrected chi connectivity index (χ3v) is 3.71. The summed E-state index contributed by atoms with van der Waals surface area (Å²) in [7, 11) is 0. The molecule has 0 fully saturated rings. The van der Waals surface area contributed by atoms with E-state index in [1.54, 1.807) is 6.20 Å². The Balaban J connectivity index is 2.13. The highest BCUT2D eigenvalue weighted by molar-refractivity contribution is 5.95.